The van der Waals surface area contributed by atoms with Crippen LogP contribution in [0.15, 0.2) is 18.2 Å². The number of carbonyl (C=O) groups excluding carboxylic acids is 1. The summed E-state index contributed by atoms with van der Waals surface area (Å²) in [5, 5.41) is 5.83. The Bertz CT molecular complexity index is 588. The van der Waals surface area contributed by atoms with E-state index in [2.05, 4.69) is 10.6 Å². The summed E-state index contributed by atoms with van der Waals surface area (Å²) in [5.74, 6) is -0.918. The van der Waals surface area contributed by atoms with Crippen molar-refractivity contribution in [2.75, 3.05) is 19.8 Å². The Morgan fingerprint density at radius 1 is 1.25 bits per heavy atom. The molecule has 6 heteroatoms. The molecule has 0 unspecified atom stereocenters. The van der Waals surface area contributed by atoms with Crippen LogP contribution in [0.5, 0.6) is 0 Å². The van der Waals surface area contributed by atoms with E-state index in [0.717, 1.165) is 57.5 Å². The summed E-state index contributed by atoms with van der Waals surface area (Å²) in [5.41, 5.74) is 0.446. The van der Waals surface area contributed by atoms with Gasteiger partial charge in [-0.1, -0.05) is 6.42 Å². The lowest BCUT2D eigenvalue weighted by molar-refractivity contribution is 0.00625. The standard InChI is InChI=1S/C18H24F2N2O2/c19-14-3-4-15(20)13(12-14)5-9-21-17(23)22-16-2-1-6-18(16)7-10-24-11-8-18/h3-4,12,16H,1-2,5-11H2,(H2,21,22,23)/t16-/m0/s1. The third kappa shape index (κ3) is 3.86. The highest BCUT2D eigenvalue weighted by molar-refractivity contribution is 5.74. The molecule has 2 N–H and O–H groups in total. The maximum absolute atomic E-state index is 13.6. The second kappa shape index (κ2) is 7.47. The Morgan fingerprint density at radius 3 is 2.83 bits per heavy atom. The molecule has 1 spiro atoms. The zero-order chi connectivity index (χ0) is 17.0. The van der Waals surface area contributed by atoms with E-state index in [1.807, 2.05) is 0 Å². The number of carbonyl (C=O) groups is 1. The Labute approximate surface area is 141 Å². The summed E-state index contributed by atoms with van der Waals surface area (Å²) in [6.45, 7) is 1.80. The lowest BCUT2D eigenvalue weighted by atomic mass is 9.75. The van der Waals surface area contributed by atoms with Crippen LogP contribution in [0.1, 0.15) is 37.7 Å². The number of ether oxygens (including phenoxy) is 1. The summed E-state index contributed by atoms with van der Waals surface area (Å²) < 4.78 is 32.1. The normalized spacial score (nSPS) is 22.5. The molecule has 2 aliphatic rings. The van der Waals surface area contributed by atoms with Crippen LogP contribution in [0, 0.1) is 17.0 Å². The van der Waals surface area contributed by atoms with Gasteiger partial charge in [-0.3, -0.25) is 0 Å². The van der Waals surface area contributed by atoms with Crippen LogP contribution in [0.25, 0.3) is 0 Å². The monoisotopic (exact) mass is 338 g/mol. The second-order valence-electron chi connectivity index (χ2n) is 6.81. The fraction of sp³-hybridized carbons (Fsp3) is 0.611. The third-order valence-corrected chi connectivity index (χ3v) is 5.39. The molecule has 2 amide bonds. The van der Waals surface area contributed by atoms with E-state index in [1.165, 1.54) is 6.07 Å². The number of benzene rings is 1. The number of hydrogen-bond acceptors (Lipinski definition) is 2. The molecule has 132 valence electrons. The number of halogens is 2. The number of rotatable bonds is 4. The van der Waals surface area contributed by atoms with Crippen molar-refractivity contribution in [3.05, 3.63) is 35.4 Å². The van der Waals surface area contributed by atoms with Gasteiger partial charge in [-0.2, -0.15) is 0 Å². The van der Waals surface area contributed by atoms with Crippen molar-refractivity contribution >= 4 is 6.03 Å². The smallest absolute Gasteiger partial charge is 0.315 e. The van der Waals surface area contributed by atoms with Gasteiger partial charge in [0.25, 0.3) is 0 Å². The molecule has 1 heterocycles. The highest BCUT2D eigenvalue weighted by Gasteiger charge is 2.44. The zero-order valence-corrected chi connectivity index (χ0v) is 13.7. The van der Waals surface area contributed by atoms with E-state index in [9.17, 15) is 13.6 Å². The van der Waals surface area contributed by atoms with E-state index in [0.29, 0.717) is 0 Å². The van der Waals surface area contributed by atoms with Crippen molar-refractivity contribution in [3.8, 4) is 0 Å². The molecule has 1 saturated heterocycles. The number of urea groups is 1. The molecule has 1 aromatic carbocycles. The van der Waals surface area contributed by atoms with Gasteiger partial charge in [-0.25, -0.2) is 13.6 Å². The fourth-order valence-corrected chi connectivity index (χ4v) is 4.00. The Balaban J connectivity index is 1.48. The van der Waals surface area contributed by atoms with Crippen molar-refractivity contribution < 1.29 is 18.3 Å². The quantitative estimate of drug-likeness (QED) is 0.886. The Kier molecular flexibility index (Phi) is 5.33. The molecule has 1 aliphatic carbocycles. The van der Waals surface area contributed by atoms with E-state index < -0.39 is 11.6 Å². The van der Waals surface area contributed by atoms with Crippen LogP contribution in [0.4, 0.5) is 13.6 Å². The fourth-order valence-electron chi connectivity index (χ4n) is 4.00. The summed E-state index contributed by atoms with van der Waals surface area (Å²) in [7, 11) is 0. The minimum atomic E-state index is -0.469. The first-order valence-electron chi connectivity index (χ1n) is 8.65. The Morgan fingerprint density at radius 2 is 2.04 bits per heavy atom. The lowest BCUT2D eigenvalue weighted by Crippen LogP contribution is -2.50. The van der Waals surface area contributed by atoms with Crippen molar-refractivity contribution in [2.45, 2.75) is 44.6 Å². The molecule has 2 fully saturated rings. The molecule has 4 nitrogen and oxygen atoms in total. The molecule has 24 heavy (non-hydrogen) atoms. The summed E-state index contributed by atoms with van der Waals surface area (Å²) >= 11 is 0. The van der Waals surface area contributed by atoms with Gasteiger partial charge in [0.15, 0.2) is 0 Å². The van der Waals surface area contributed by atoms with Crippen LogP contribution in [0.2, 0.25) is 0 Å². The lowest BCUT2D eigenvalue weighted by Gasteiger charge is -2.39. The van der Waals surface area contributed by atoms with Crippen LogP contribution >= 0.6 is 0 Å². The first kappa shape index (κ1) is 17.1. The van der Waals surface area contributed by atoms with Gasteiger partial charge in [0, 0.05) is 25.8 Å². The van der Waals surface area contributed by atoms with Gasteiger partial charge in [-0.15, -0.1) is 0 Å². The molecule has 0 bridgehead atoms. The molecular weight excluding hydrogens is 314 g/mol. The molecule has 3 rings (SSSR count). The Hall–Kier alpha value is -1.69. The topological polar surface area (TPSA) is 50.4 Å². The molecule has 0 aromatic heterocycles. The van der Waals surface area contributed by atoms with Gasteiger partial charge < -0.3 is 15.4 Å². The number of amides is 2. The average molecular weight is 338 g/mol. The maximum atomic E-state index is 13.6. The van der Waals surface area contributed by atoms with Gasteiger partial charge in [0.2, 0.25) is 0 Å². The molecular formula is C18H24F2N2O2. The molecule has 1 saturated carbocycles. The highest BCUT2D eigenvalue weighted by atomic mass is 19.1. The summed E-state index contributed by atoms with van der Waals surface area (Å²) in [6, 6.07) is 3.31. The van der Waals surface area contributed by atoms with Crippen molar-refractivity contribution in [1.82, 2.24) is 10.6 Å². The van der Waals surface area contributed by atoms with Crippen LogP contribution in [-0.4, -0.2) is 31.8 Å². The number of hydrogen-bond donors (Lipinski definition) is 2. The van der Waals surface area contributed by atoms with Gasteiger partial charge >= 0.3 is 6.03 Å². The molecule has 1 aliphatic heterocycles. The minimum Gasteiger partial charge on any atom is -0.381 e. The van der Waals surface area contributed by atoms with E-state index in [-0.39, 0.29) is 36.0 Å². The maximum Gasteiger partial charge on any atom is 0.315 e. The highest BCUT2D eigenvalue weighted by Crippen LogP contribution is 2.45. The van der Waals surface area contributed by atoms with E-state index >= 15 is 0 Å². The average Bonchev–Trinajstić information content (AvgIpc) is 2.93. The number of nitrogens with one attached hydrogen (secondary N) is 2. The largest absolute Gasteiger partial charge is 0.381 e. The predicted molar refractivity (Wildman–Crippen MR) is 86.7 cm³/mol. The SMILES string of the molecule is O=C(NCCc1cc(F)ccc1F)N[C@H]1CCCC12CCOCC2. The third-order valence-electron chi connectivity index (χ3n) is 5.39. The first-order valence-corrected chi connectivity index (χ1v) is 8.65. The van der Waals surface area contributed by atoms with E-state index in [4.69, 9.17) is 4.74 Å². The van der Waals surface area contributed by atoms with E-state index in [1.54, 1.807) is 0 Å². The molecule has 1 atom stereocenters. The molecule has 1 aromatic rings. The van der Waals surface area contributed by atoms with Gasteiger partial charge in [0.05, 0.1) is 0 Å². The van der Waals surface area contributed by atoms with Gasteiger partial charge in [0.1, 0.15) is 11.6 Å². The molecule has 0 radical (unpaired) electrons. The van der Waals surface area contributed by atoms with Gasteiger partial charge in [-0.05, 0) is 61.3 Å². The predicted octanol–water partition coefficient (Wildman–Crippen LogP) is 3.16. The van der Waals surface area contributed by atoms with Crippen molar-refractivity contribution in [2.24, 2.45) is 5.41 Å². The van der Waals surface area contributed by atoms with Crippen LogP contribution < -0.4 is 10.6 Å². The summed E-state index contributed by atoms with van der Waals surface area (Å²) in [6.07, 6.45) is 5.50. The summed E-state index contributed by atoms with van der Waals surface area (Å²) in [4.78, 5) is 12.1. The van der Waals surface area contributed by atoms with Crippen molar-refractivity contribution in [3.63, 3.8) is 0 Å². The van der Waals surface area contributed by atoms with Crippen LogP contribution in [-0.2, 0) is 11.2 Å². The first-order chi connectivity index (χ1) is 11.6. The minimum absolute atomic E-state index is 0.171. The van der Waals surface area contributed by atoms with Crippen molar-refractivity contribution in [1.29, 1.82) is 0 Å². The van der Waals surface area contributed by atoms with Crippen LogP contribution in [0.3, 0.4) is 0 Å². The zero-order valence-electron chi connectivity index (χ0n) is 13.7. The second-order valence-corrected chi connectivity index (χ2v) is 6.81.